The summed E-state index contributed by atoms with van der Waals surface area (Å²) < 4.78 is 11.5. The zero-order chi connectivity index (χ0) is 16.1. The minimum atomic E-state index is -0.453. The Kier molecular flexibility index (Phi) is 5.66. The van der Waals surface area contributed by atoms with Crippen LogP contribution in [-0.4, -0.2) is 24.7 Å². The van der Waals surface area contributed by atoms with Crippen LogP contribution >= 0.6 is 0 Å². The van der Waals surface area contributed by atoms with Gasteiger partial charge in [0.2, 0.25) is 5.91 Å². The molecule has 5 nitrogen and oxygen atoms in total. The van der Waals surface area contributed by atoms with E-state index in [1.54, 1.807) is 0 Å². The third-order valence-corrected chi connectivity index (χ3v) is 3.77. The first-order valence-electron chi connectivity index (χ1n) is 8.03. The fourth-order valence-corrected chi connectivity index (χ4v) is 2.67. The average Bonchev–Trinajstić information content (AvgIpc) is 2.84. The van der Waals surface area contributed by atoms with E-state index < -0.39 is 6.04 Å². The van der Waals surface area contributed by atoms with Crippen LogP contribution in [0.1, 0.15) is 44.7 Å². The molecule has 2 rings (SSSR count). The van der Waals surface area contributed by atoms with E-state index in [1.807, 2.05) is 32.9 Å². The molecule has 0 saturated carbocycles. The summed E-state index contributed by atoms with van der Waals surface area (Å²) in [6.45, 7) is 7.00. The van der Waals surface area contributed by atoms with Crippen molar-refractivity contribution in [2.24, 2.45) is 5.73 Å². The second kappa shape index (κ2) is 7.49. The van der Waals surface area contributed by atoms with Gasteiger partial charge in [0.05, 0.1) is 12.6 Å². The number of rotatable bonds is 7. The number of nitrogens with two attached hydrogens (primary N) is 1. The van der Waals surface area contributed by atoms with Crippen LogP contribution in [0.5, 0.6) is 11.5 Å². The number of carbonyl (C=O) groups excluding carboxylic acids is 1. The molecule has 22 heavy (non-hydrogen) atoms. The van der Waals surface area contributed by atoms with E-state index in [4.69, 9.17) is 15.2 Å². The molecule has 1 aliphatic heterocycles. The van der Waals surface area contributed by atoms with Crippen LogP contribution in [0, 0.1) is 0 Å². The van der Waals surface area contributed by atoms with Crippen molar-refractivity contribution in [1.82, 2.24) is 5.32 Å². The molecular formula is C17H26N2O3. The van der Waals surface area contributed by atoms with Crippen LogP contribution in [-0.2, 0) is 17.8 Å². The Morgan fingerprint density at radius 2 is 2.27 bits per heavy atom. The fraction of sp³-hybridized carbons (Fsp3) is 0.588. The molecule has 0 bridgehead atoms. The zero-order valence-corrected chi connectivity index (χ0v) is 13.6. The maximum atomic E-state index is 12.0. The monoisotopic (exact) mass is 306 g/mol. The molecule has 3 N–H and O–H groups in total. The second-order valence-electron chi connectivity index (χ2n) is 5.75. The highest BCUT2D eigenvalue weighted by molar-refractivity contribution is 5.81. The smallest absolute Gasteiger partial charge is 0.237 e. The van der Waals surface area contributed by atoms with Gasteiger partial charge in [-0.2, -0.15) is 0 Å². The molecule has 1 aromatic rings. The van der Waals surface area contributed by atoms with Gasteiger partial charge < -0.3 is 20.5 Å². The lowest BCUT2D eigenvalue weighted by atomic mass is 10.1. The lowest BCUT2D eigenvalue weighted by molar-refractivity contribution is -0.122. The first kappa shape index (κ1) is 16.6. The molecule has 122 valence electrons. The standard InChI is InChI=1S/C17H26N2O3/c1-4-6-14(18)17(20)19-10-13-9-16-12(7-11(3)22-16)8-15(13)21-5-2/h8-9,11,14H,4-7,10,18H2,1-3H3,(H,19,20). The van der Waals surface area contributed by atoms with E-state index in [9.17, 15) is 4.79 Å². The Bertz CT molecular complexity index is 531. The van der Waals surface area contributed by atoms with Gasteiger partial charge in [-0.05, 0) is 32.4 Å². The highest BCUT2D eigenvalue weighted by Crippen LogP contribution is 2.35. The maximum absolute atomic E-state index is 12.0. The van der Waals surface area contributed by atoms with Crippen LogP contribution < -0.4 is 20.5 Å². The largest absolute Gasteiger partial charge is 0.494 e. The van der Waals surface area contributed by atoms with Crippen molar-refractivity contribution in [2.45, 2.75) is 58.7 Å². The van der Waals surface area contributed by atoms with Crippen LogP contribution in [0.15, 0.2) is 12.1 Å². The van der Waals surface area contributed by atoms with E-state index in [0.717, 1.165) is 35.5 Å². The molecular weight excluding hydrogens is 280 g/mol. The van der Waals surface area contributed by atoms with Gasteiger partial charge in [0.15, 0.2) is 0 Å². The number of hydrogen-bond donors (Lipinski definition) is 2. The quantitative estimate of drug-likeness (QED) is 0.809. The lowest BCUT2D eigenvalue weighted by Crippen LogP contribution is -2.40. The highest BCUT2D eigenvalue weighted by Gasteiger charge is 2.22. The number of carbonyl (C=O) groups is 1. The van der Waals surface area contributed by atoms with Gasteiger partial charge in [0.1, 0.15) is 17.6 Å². The van der Waals surface area contributed by atoms with E-state index in [2.05, 4.69) is 5.32 Å². The molecule has 0 saturated heterocycles. The number of hydrogen-bond acceptors (Lipinski definition) is 4. The minimum absolute atomic E-state index is 0.126. The van der Waals surface area contributed by atoms with Crippen molar-refractivity contribution in [3.8, 4) is 11.5 Å². The van der Waals surface area contributed by atoms with E-state index in [-0.39, 0.29) is 12.0 Å². The summed E-state index contributed by atoms with van der Waals surface area (Å²) in [5.74, 6) is 1.57. The van der Waals surface area contributed by atoms with Crippen molar-refractivity contribution in [3.63, 3.8) is 0 Å². The van der Waals surface area contributed by atoms with Gasteiger partial charge >= 0.3 is 0 Å². The summed E-state index contributed by atoms with van der Waals surface area (Å²) in [5.41, 5.74) is 7.91. The van der Waals surface area contributed by atoms with E-state index in [1.165, 1.54) is 0 Å². The van der Waals surface area contributed by atoms with Crippen LogP contribution in [0.3, 0.4) is 0 Å². The Morgan fingerprint density at radius 3 is 2.95 bits per heavy atom. The summed E-state index contributed by atoms with van der Waals surface area (Å²) in [5, 5.41) is 2.89. The predicted octanol–water partition coefficient (Wildman–Crippen LogP) is 2.15. The molecule has 0 fully saturated rings. The van der Waals surface area contributed by atoms with Gasteiger partial charge in [-0.3, -0.25) is 4.79 Å². The predicted molar refractivity (Wildman–Crippen MR) is 86.1 cm³/mol. The molecule has 2 atom stereocenters. The topological polar surface area (TPSA) is 73.6 Å². The normalized spacial score (nSPS) is 17.5. The molecule has 0 radical (unpaired) electrons. The highest BCUT2D eigenvalue weighted by atomic mass is 16.5. The number of fused-ring (bicyclic) bond motifs is 1. The molecule has 5 heteroatoms. The van der Waals surface area contributed by atoms with E-state index in [0.29, 0.717) is 19.6 Å². The summed E-state index contributed by atoms with van der Waals surface area (Å²) in [6, 6.07) is 3.54. The molecule has 1 amide bonds. The third kappa shape index (κ3) is 3.91. The molecule has 1 heterocycles. The van der Waals surface area contributed by atoms with Crippen molar-refractivity contribution in [3.05, 3.63) is 23.3 Å². The van der Waals surface area contributed by atoms with Crippen LogP contribution in [0.2, 0.25) is 0 Å². The average molecular weight is 306 g/mol. The summed E-state index contributed by atoms with van der Waals surface area (Å²) in [7, 11) is 0. The first-order chi connectivity index (χ1) is 10.5. The maximum Gasteiger partial charge on any atom is 0.237 e. The molecule has 0 aromatic heterocycles. The fourth-order valence-electron chi connectivity index (χ4n) is 2.67. The third-order valence-electron chi connectivity index (χ3n) is 3.77. The second-order valence-corrected chi connectivity index (χ2v) is 5.75. The van der Waals surface area contributed by atoms with E-state index >= 15 is 0 Å². The van der Waals surface area contributed by atoms with Crippen molar-refractivity contribution < 1.29 is 14.3 Å². The molecule has 1 aliphatic rings. The van der Waals surface area contributed by atoms with Gasteiger partial charge in [0.25, 0.3) is 0 Å². The Balaban J connectivity index is 2.09. The Hall–Kier alpha value is -1.75. The Labute approximate surface area is 132 Å². The van der Waals surface area contributed by atoms with Gasteiger partial charge in [0, 0.05) is 24.1 Å². The number of nitrogens with one attached hydrogen (secondary N) is 1. The molecule has 0 spiro atoms. The van der Waals surface area contributed by atoms with Crippen molar-refractivity contribution in [2.75, 3.05) is 6.61 Å². The van der Waals surface area contributed by atoms with Crippen LogP contribution in [0.25, 0.3) is 0 Å². The molecule has 0 aliphatic carbocycles. The van der Waals surface area contributed by atoms with Gasteiger partial charge in [-0.25, -0.2) is 0 Å². The number of ether oxygens (including phenoxy) is 2. The van der Waals surface area contributed by atoms with Crippen molar-refractivity contribution >= 4 is 5.91 Å². The summed E-state index contributed by atoms with van der Waals surface area (Å²) in [6.07, 6.45) is 2.66. The lowest BCUT2D eigenvalue weighted by Gasteiger charge is -2.15. The number of amides is 1. The Morgan fingerprint density at radius 1 is 1.50 bits per heavy atom. The number of benzene rings is 1. The molecule has 1 aromatic carbocycles. The first-order valence-corrected chi connectivity index (χ1v) is 8.03. The molecule has 2 unspecified atom stereocenters. The van der Waals surface area contributed by atoms with Gasteiger partial charge in [-0.15, -0.1) is 0 Å². The minimum Gasteiger partial charge on any atom is -0.494 e. The zero-order valence-electron chi connectivity index (χ0n) is 13.6. The van der Waals surface area contributed by atoms with Gasteiger partial charge in [-0.1, -0.05) is 13.3 Å². The van der Waals surface area contributed by atoms with Crippen LogP contribution in [0.4, 0.5) is 0 Å². The summed E-state index contributed by atoms with van der Waals surface area (Å²) in [4.78, 5) is 12.0. The SMILES string of the molecule is CCCC(N)C(=O)NCc1cc2c(cc1OCC)CC(C)O2. The summed E-state index contributed by atoms with van der Waals surface area (Å²) >= 11 is 0. The van der Waals surface area contributed by atoms with Crippen molar-refractivity contribution in [1.29, 1.82) is 0 Å².